The molecule has 238 valence electrons. The normalized spacial score (nSPS) is 38.9. The van der Waals surface area contributed by atoms with Gasteiger partial charge < -0.3 is 56.1 Å². The van der Waals surface area contributed by atoms with Crippen LogP contribution in [0.5, 0.6) is 0 Å². The molecule has 1 heterocycles. The number of carbonyl (C=O) groups excluding carboxylic acids is 1. The minimum atomic E-state index is -1.57. The van der Waals surface area contributed by atoms with Crippen LogP contribution in [0.2, 0.25) is 0 Å². The summed E-state index contributed by atoms with van der Waals surface area (Å²) in [6.45, 7) is 5.75. The molecule has 0 bridgehead atoms. The number of methoxy groups -OCH3 is 1. The average Bonchev–Trinajstić information content (AvgIpc) is 2.89. The number of hydrogen-bond donors (Lipinski definition) is 8. The predicted molar refractivity (Wildman–Crippen MR) is 155 cm³/mol. The highest BCUT2D eigenvalue weighted by Crippen LogP contribution is 2.42. The summed E-state index contributed by atoms with van der Waals surface area (Å²) in [5, 5.41) is 58.8. The average molecular weight is 606 g/mol. The Labute approximate surface area is 245 Å². The maximum atomic E-state index is 13.1. The molecule has 12 unspecified atom stereocenters. The lowest BCUT2D eigenvalue weighted by Gasteiger charge is -2.50. The number of allylic oxidation sites excluding steroid dienone is 2. The maximum absolute atomic E-state index is 13.1. The highest BCUT2D eigenvalue weighted by atomic mass is 31.1. The van der Waals surface area contributed by atoms with E-state index in [0.29, 0.717) is 21.2 Å². The monoisotopic (exact) mass is 605 g/mol. The van der Waals surface area contributed by atoms with Gasteiger partial charge in [0.15, 0.2) is 6.29 Å². The summed E-state index contributed by atoms with van der Waals surface area (Å²) < 4.78 is 18.2. The highest BCUT2D eigenvalue weighted by molar-refractivity contribution is 7.38. The molecule has 12 nitrogen and oxygen atoms in total. The van der Waals surface area contributed by atoms with Crippen molar-refractivity contribution in [2.75, 3.05) is 33.1 Å². The van der Waals surface area contributed by atoms with Gasteiger partial charge in [0.25, 0.3) is 5.91 Å². The summed E-state index contributed by atoms with van der Waals surface area (Å²) in [7, 11) is 3.50. The van der Waals surface area contributed by atoms with Crippen molar-refractivity contribution in [2.45, 2.75) is 107 Å². The summed E-state index contributed by atoms with van der Waals surface area (Å²) in [4.78, 5) is 13.1. The van der Waals surface area contributed by atoms with Crippen molar-refractivity contribution < 1.29 is 44.5 Å². The van der Waals surface area contributed by atoms with Gasteiger partial charge in [-0.3, -0.25) is 4.79 Å². The van der Waals surface area contributed by atoms with Gasteiger partial charge in [-0.25, -0.2) is 0 Å². The van der Waals surface area contributed by atoms with E-state index in [4.69, 9.17) is 19.9 Å². The third-order valence-corrected chi connectivity index (χ3v) is 10.1. The number of likely N-dealkylation sites (N-methyl/N-ethyl adjacent to an activating group) is 1. The number of rotatable bonds is 14. The lowest BCUT2D eigenvalue weighted by Crippen LogP contribution is -2.67. The smallest absolute Gasteiger partial charge is 0.252 e. The highest BCUT2D eigenvalue weighted by Gasteiger charge is 2.53. The third kappa shape index (κ3) is 8.17. The van der Waals surface area contributed by atoms with Crippen LogP contribution in [-0.4, -0.2) is 125 Å². The second kappa shape index (κ2) is 15.2. The molecular weight excluding hydrogens is 553 g/mol. The van der Waals surface area contributed by atoms with E-state index in [1.54, 1.807) is 7.05 Å². The molecule has 41 heavy (non-hydrogen) atoms. The molecule has 1 aliphatic heterocycles. The Bertz CT molecular complexity index is 875. The van der Waals surface area contributed by atoms with Gasteiger partial charge in [-0.15, -0.1) is 8.58 Å². The molecule has 2 saturated carbocycles. The van der Waals surface area contributed by atoms with Crippen molar-refractivity contribution in [3.05, 3.63) is 11.8 Å². The molecule has 2 fully saturated rings. The molecule has 13 heteroatoms. The Hall–Kier alpha value is -0.920. The molecule has 0 spiro atoms. The first-order valence-electron chi connectivity index (χ1n) is 14.7. The first-order valence-corrected chi connectivity index (χ1v) is 16.1. The summed E-state index contributed by atoms with van der Waals surface area (Å²) in [6.07, 6.45) is -0.883. The van der Waals surface area contributed by atoms with Crippen LogP contribution in [-0.2, 0) is 19.0 Å². The Morgan fingerprint density at radius 3 is 2.54 bits per heavy atom. The number of nitrogens with two attached hydrogens (primary N) is 1. The zero-order chi connectivity index (χ0) is 30.5. The van der Waals surface area contributed by atoms with Crippen molar-refractivity contribution in [3.63, 3.8) is 0 Å². The minimum Gasteiger partial charge on any atom is -0.494 e. The van der Waals surface area contributed by atoms with Gasteiger partial charge in [0.2, 0.25) is 0 Å². The van der Waals surface area contributed by atoms with Crippen LogP contribution < -0.4 is 16.4 Å². The molecule has 0 saturated heterocycles. The molecule has 0 aromatic heterocycles. The van der Waals surface area contributed by atoms with Gasteiger partial charge in [0.1, 0.15) is 23.9 Å². The fourth-order valence-electron chi connectivity index (χ4n) is 6.57. The van der Waals surface area contributed by atoms with Crippen molar-refractivity contribution >= 4 is 14.5 Å². The molecule has 12 atom stereocenters. The quantitative estimate of drug-likeness (QED) is 0.0688. The van der Waals surface area contributed by atoms with Crippen LogP contribution in [0, 0.1) is 17.8 Å². The Kier molecular flexibility index (Phi) is 12.8. The van der Waals surface area contributed by atoms with Gasteiger partial charge >= 0.3 is 0 Å². The third-order valence-electron chi connectivity index (χ3n) is 8.91. The SMILES string of the molecule is CNC(C(C)O)C(O)C(OC)OC1C(NC(=O)C2(O)CC(N)C2)CC(C)C(C2OC(CPCCO)=CCC2C)C1O. The van der Waals surface area contributed by atoms with Crippen LogP contribution in [0.15, 0.2) is 11.8 Å². The van der Waals surface area contributed by atoms with Gasteiger partial charge in [0.05, 0.1) is 30.1 Å². The number of hydrogen-bond acceptors (Lipinski definition) is 11. The number of nitrogens with one attached hydrogen (secondary N) is 2. The van der Waals surface area contributed by atoms with Crippen molar-refractivity contribution in [1.29, 1.82) is 0 Å². The van der Waals surface area contributed by atoms with E-state index in [1.807, 2.05) is 6.92 Å². The fraction of sp³-hybridized carbons (Fsp3) is 0.893. The second-order valence-electron chi connectivity index (χ2n) is 12.2. The lowest BCUT2D eigenvalue weighted by atomic mass is 9.68. The molecule has 1 amide bonds. The number of aliphatic hydroxyl groups excluding tert-OH is 4. The van der Waals surface area contributed by atoms with E-state index in [-0.39, 0.29) is 49.3 Å². The van der Waals surface area contributed by atoms with E-state index < -0.39 is 54.3 Å². The Balaban J connectivity index is 1.86. The Morgan fingerprint density at radius 2 is 1.98 bits per heavy atom. The summed E-state index contributed by atoms with van der Waals surface area (Å²) >= 11 is 0. The molecule has 0 radical (unpaired) electrons. The molecule has 0 aromatic rings. The largest absolute Gasteiger partial charge is 0.494 e. The Morgan fingerprint density at radius 1 is 1.29 bits per heavy atom. The van der Waals surface area contributed by atoms with Gasteiger partial charge in [-0.2, -0.15) is 0 Å². The number of amides is 1. The molecular formula is C28H52N3O9P. The zero-order valence-corrected chi connectivity index (χ0v) is 25.9. The van der Waals surface area contributed by atoms with Crippen LogP contribution in [0.3, 0.4) is 0 Å². The van der Waals surface area contributed by atoms with Gasteiger partial charge in [0, 0.05) is 44.7 Å². The fourth-order valence-corrected chi connectivity index (χ4v) is 7.37. The molecule has 9 N–H and O–H groups in total. The molecule has 3 rings (SSSR count). The van der Waals surface area contributed by atoms with Gasteiger partial charge in [-0.1, -0.05) is 13.8 Å². The van der Waals surface area contributed by atoms with Gasteiger partial charge in [-0.05, 0) is 50.9 Å². The summed E-state index contributed by atoms with van der Waals surface area (Å²) in [5.41, 5.74) is 4.26. The predicted octanol–water partition coefficient (Wildman–Crippen LogP) is -0.993. The first kappa shape index (κ1) is 34.6. The van der Waals surface area contributed by atoms with Crippen molar-refractivity contribution in [3.8, 4) is 0 Å². The maximum Gasteiger partial charge on any atom is 0.252 e. The molecule has 2 aliphatic carbocycles. The van der Waals surface area contributed by atoms with E-state index in [0.717, 1.165) is 18.3 Å². The number of carbonyl (C=O) groups is 1. The summed E-state index contributed by atoms with van der Waals surface area (Å²) in [6, 6.07) is -1.74. The van der Waals surface area contributed by atoms with Crippen molar-refractivity contribution in [1.82, 2.24) is 10.6 Å². The van der Waals surface area contributed by atoms with E-state index in [1.165, 1.54) is 14.0 Å². The lowest BCUT2D eigenvalue weighted by molar-refractivity contribution is -0.254. The number of aliphatic hydroxyl groups is 5. The van der Waals surface area contributed by atoms with Crippen molar-refractivity contribution in [2.24, 2.45) is 23.5 Å². The minimum absolute atomic E-state index is 0.0893. The molecule has 3 aliphatic rings. The van der Waals surface area contributed by atoms with E-state index in [2.05, 4.69) is 23.6 Å². The van der Waals surface area contributed by atoms with Crippen LogP contribution in [0.25, 0.3) is 0 Å². The van der Waals surface area contributed by atoms with E-state index >= 15 is 0 Å². The standard InChI is InChI=1S/C28H52N3O9P/c1-14-6-7-18(13-41-9-8-32)39-24(14)20-15(2)10-19(31-27(36)28(37)11-17(29)12-28)25(22(20)34)40-26(38-5)23(35)21(30-4)16(3)33/h7,14-17,19-26,30,32-35,37,41H,6,8-13,29H2,1-5H3,(H,31,36). The van der Waals surface area contributed by atoms with Crippen LogP contribution in [0.1, 0.15) is 46.5 Å². The molecule has 0 aromatic carbocycles. The summed E-state index contributed by atoms with van der Waals surface area (Å²) in [5.74, 6) is -0.0543. The van der Waals surface area contributed by atoms with E-state index in [9.17, 15) is 30.3 Å². The second-order valence-corrected chi connectivity index (χ2v) is 13.5. The first-order chi connectivity index (χ1) is 19.4. The number of ether oxygens (including phenoxy) is 3. The topological polar surface area (TPSA) is 196 Å². The van der Waals surface area contributed by atoms with Crippen LogP contribution in [0.4, 0.5) is 0 Å². The van der Waals surface area contributed by atoms with Crippen LogP contribution >= 0.6 is 8.58 Å². The zero-order valence-electron chi connectivity index (χ0n) is 24.9.